The van der Waals surface area contributed by atoms with Crippen LogP contribution in [0.5, 0.6) is 0 Å². The minimum atomic E-state index is 0.190. The molecule has 0 spiro atoms. The molecule has 3 heteroatoms. The Labute approximate surface area is 72.9 Å². The van der Waals surface area contributed by atoms with Gasteiger partial charge in [0.2, 0.25) is 5.91 Å². The van der Waals surface area contributed by atoms with Crippen LogP contribution in [0.2, 0.25) is 0 Å². The van der Waals surface area contributed by atoms with E-state index < -0.39 is 0 Å². The Morgan fingerprint density at radius 3 is 2.25 bits per heavy atom. The van der Waals surface area contributed by atoms with Crippen molar-refractivity contribution in [2.45, 2.75) is 44.6 Å². The molecule has 0 aromatic carbocycles. The second-order valence-electron chi connectivity index (χ2n) is 3.96. The lowest BCUT2D eigenvalue weighted by atomic mass is 10.1. The molecule has 0 radical (unpaired) electrons. The fraction of sp³-hybridized carbons (Fsp3) is 0.889. The quantitative estimate of drug-likeness (QED) is 0.380. The molecule has 3 nitrogen and oxygen atoms in total. The molecule has 0 aromatic heterocycles. The van der Waals surface area contributed by atoms with E-state index in [4.69, 9.17) is 5.84 Å². The predicted octanol–water partition coefficient (Wildman–Crippen LogP) is 1.04. The maximum absolute atomic E-state index is 11.6. The Balaban J connectivity index is 1.88. The average Bonchev–Trinajstić information content (AvgIpc) is 2.79. The predicted molar refractivity (Wildman–Crippen MR) is 46.0 cm³/mol. The van der Waals surface area contributed by atoms with E-state index >= 15 is 0 Å². The zero-order valence-corrected chi connectivity index (χ0v) is 7.33. The minimum absolute atomic E-state index is 0.190. The van der Waals surface area contributed by atoms with Crippen LogP contribution in [0.1, 0.15) is 38.5 Å². The topological polar surface area (TPSA) is 46.3 Å². The fourth-order valence-electron chi connectivity index (χ4n) is 1.92. The van der Waals surface area contributed by atoms with Crippen LogP contribution in [-0.4, -0.2) is 17.0 Å². The van der Waals surface area contributed by atoms with Gasteiger partial charge in [0.25, 0.3) is 0 Å². The SMILES string of the molecule is NN(C(=O)C1CCCC1)C1CC1. The first-order valence-corrected chi connectivity index (χ1v) is 4.87. The Morgan fingerprint density at radius 1 is 1.17 bits per heavy atom. The van der Waals surface area contributed by atoms with E-state index in [1.807, 2.05) is 0 Å². The summed E-state index contributed by atoms with van der Waals surface area (Å²) in [4.78, 5) is 11.6. The largest absolute Gasteiger partial charge is 0.277 e. The molecule has 0 saturated heterocycles. The Kier molecular flexibility index (Phi) is 2.05. The Morgan fingerprint density at radius 2 is 1.75 bits per heavy atom. The molecule has 2 N–H and O–H groups in total. The number of hydrazine groups is 1. The van der Waals surface area contributed by atoms with Crippen molar-refractivity contribution in [1.29, 1.82) is 0 Å². The van der Waals surface area contributed by atoms with Gasteiger partial charge in [0, 0.05) is 12.0 Å². The first-order valence-electron chi connectivity index (χ1n) is 4.87. The second-order valence-corrected chi connectivity index (χ2v) is 3.96. The third kappa shape index (κ3) is 1.46. The van der Waals surface area contributed by atoms with Crippen LogP contribution < -0.4 is 5.84 Å². The molecule has 0 atom stereocenters. The number of hydrogen-bond acceptors (Lipinski definition) is 2. The van der Waals surface area contributed by atoms with Gasteiger partial charge in [-0.15, -0.1) is 0 Å². The number of carbonyl (C=O) groups excluding carboxylic acids is 1. The molecule has 2 saturated carbocycles. The number of rotatable bonds is 2. The van der Waals surface area contributed by atoms with E-state index in [-0.39, 0.29) is 11.8 Å². The van der Waals surface area contributed by atoms with Crippen molar-refractivity contribution in [2.75, 3.05) is 0 Å². The van der Waals surface area contributed by atoms with Crippen LogP contribution in [0.4, 0.5) is 0 Å². The summed E-state index contributed by atoms with van der Waals surface area (Å²) in [6, 6.07) is 0.373. The van der Waals surface area contributed by atoms with Crippen LogP contribution in [0.3, 0.4) is 0 Å². The van der Waals surface area contributed by atoms with E-state index in [1.165, 1.54) is 17.9 Å². The third-order valence-corrected chi connectivity index (χ3v) is 2.90. The normalized spacial score (nSPS) is 24.4. The summed E-state index contributed by atoms with van der Waals surface area (Å²) in [7, 11) is 0. The molecule has 2 aliphatic carbocycles. The van der Waals surface area contributed by atoms with E-state index in [1.54, 1.807) is 0 Å². The highest BCUT2D eigenvalue weighted by Gasteiger charge is 2.34. The molecule has 2 aliphatic rings. The molecule has 2 rings (SSSR count). The zero-order chi connectivity index (χ0) is 8.55. The summed E-state index contributed by atoms with van der Waals surface area (Å²) in [5.41, 5.74) is 0. The van der Waals surface area contributed by atoms with Crippen LogP contribution in [0.25, 0.3) is 0 Å². The van der Waals surface area contributed by atoms with Crippen molar-refractivity contribution in [2.24, 2.45) is 11.8 Å². The Bertz CT molecular complexity index is 179. The molecule has 12 heavy (non-hydrogen) atoms. The van der Waals surface area contributed by atoms with Crippen molar-refractivity contribution >= 4 is 5.91 Å². The molecular weight excluding hydrogens is 152 g/mol. The van der Waals surface area contributed by atoms with Crippen molar-refractivity contribution in [3.63, 3.8) is 0 Å². The van der Waals surface area contributed by atoms with Gasteiger partial charge in [-0.05, 0) is 25.7 Å². The lowest BCUT2D eigenvalue weighted by Crippen LogP contribution is -2.42. The summed E-state index contributed by atoms with van der Waals surface area (Å²) in [5.74, 6) is 6.12. The van der Waals surface area contributed by atoms with Gasteiger partial charge >= 0.3 is 0 Å². The molecule has 0 heterocycles. The van der Waals surface area contributed by atoms with E-state index in [9.17, 15) is 4.79 Å². The van der Waals surface area contributed by atoms with Crippen molar-refractivity contribution in [1.82, 2.24) is 5.01 Å². The fourth-order valence-corrected chi connectivity index (χ4v) is 1.92. The number of nitrogens with zero attached hydrogens (tertiary/aromatic N) is 1. The average molecular weight is 168 g/mol. The number of nitrogens with two attached hydrogens (primary N) is 1. The summed E-state index contributed by atoms with van der Waals surface area (Å²) < 4.78 is 0. The highest BCUT2D eigenvalue weighted by Crippen LogP contribution is 2.30. The van der Waals surface area contributed by atoms with Crippen molar-refractivity contribution in [3.8, 4) is 0 Å². The molecule has 2 fully saturated rings. The number of carbonyl (C=O) groups is 1. The number of hydrogen-bond donors (Lipinski definition) is 1. The maximum Gasteiger partial charge on any atom is 0.239 e. The van der Waals surface area contributed by atoms with Crippen LogP contribution >= 0.6 is 0 Å². The lowest BCUT2D eigenvalue weighted by molar-refractivity contribution is -0.136. The maximum atomic E-state index is 11.6. The van der Waals surface area contributed by atoms with Gasteiger partial charge < -0.3 is 0 Å². The summed E-state index contributed by atoms with van der Waals surface area (Å²) in [6.45, 7) is 0. The zero-order valence-electron chi connectivity index (χ0n) is 7.33. The summed E-state index contributed by atoms with van der Waals surface area (Å²) in [5, 5.41) is 1.48. The van der Waals surface area contributed by atoms with Crippen molar-refractivity contribution < 1.29 is 4.79 Å². The van der Waals surface area contributed by atoms with Gasteiger partial charge in [-0.25, -0.2) is 5.84 Å². The van der Waals surface area contributed by atoms with Crippen LogP contribution in [0, 0.1) is 5.92 Å². The first-order chi connectivity index (χ1) is 5.79. The molecule has 68 valence electrons. The third-order valence-electron chi connectivity index (χ3n) is 2.90. The molecule has 0 unspecified atom stereocenters. The van der Waals surface area contributed by atoms with Crippen LogP contribution in [-0.2, 0) is 4.79 Å². The summed E-state index contributed by atoms with van der Waals surface area (Å²) in [6.07, 6.45) is 6.73. The summed E-state index contributed by atoms with van der Waals surface area (Å²) >= 11 is 0. The van der Waals surface area contributed by atoms with Crippen LogP contribution in [0.15, 0.2) is 0 Å². The lowest BCUT2D eigenvalue weighted by Gasteiger charge is -2.19. The highest BCUT2D eigenvalue weighted by atomic mass is 16.2. The minimum Gasteiger partial charge on any atom is -0.277 e. The Hall–Kier alpha value is -0.570. The molecule has 0 aliphatic heterocycles. The highest BCUT2D eigenvalue weighted by molar-refractivity contribution is 5.79. The van der Waals surface area contributed by atoms with E-state index in [0.29, 0.717) is 6.04 Å². The van der Waals surface area contributed by atoms with Gasteiger partial charge in [-0.1, -0.05) is 12.8 Å². The standard InChI is InChI=1S/C9H16N2O/c10-11(8-5-6-8)9(12)7-3-1-2-4-7/h7-8H,1-6,10H2. The molecule has 0 bridgehead atoms. The van der Waals surface area contributed by atoms with Crippen molar-refractivity contribution in [3.05, 3.63) is 0 Å². The van der Waals surface area contributed by atoms with E-state index in [0.717, 1.165) is 25.7 Å². The second kappa shape index (κ2) is 3.05. The first kappa shape index (κ1) is 8.05. The van der Waals surface area contributed by atoms with Gasteiger partial charge in [0.1, 0.15) is 0 Å². The van der Waals surface area contributed by atoms with Gasteiger partial charge in [-0.2, -0.15) is 0 Å². The molecule has 0 aromatic rings. The van der Waals surface area contributed by atoms with Gasteiger partial charge in [-0.3, -0.25) is 9.80 Å². The molecular formula is C9H16N2O. The van der Waals surface area contributed by atoms with Gasteiger partial charge in [0.15, 0.2) is 0 Å². The molecule has 1 amide bonds. The number of amides is 1. The van der Waals surface area contributed by atoms with Gasteiger partial charge in [0.05, 0.1) is 0 Å². The smallest absolute Gasteiger partial charge is 0.239 e. The van der Waals surface area contributed by atoms with E-state index in [2.05, 4.69) is 0 Å². The monoisotopic (exact) mass is 168 g/mol.